The van der Waals surface area contributed by atoms with Gasteiger partial charge in [-0.1, -0.05) is 32.0 Å². The number of hydrogen-bond donors (Lipinski definition) is 4. The second-order valence-electron chi connectivity index (χ2n) is 7.88. The molecule has 2 amide bonds. The first-order valence-corrected chi connectivity index (χ1v) is 10.2. The van der Waals surface area contributed by atoms with Crippen LogP contribution in [0.1, 0.15) is 46.5 Å². The van der Waals surface area contributed by atoms with E-state index in [-0.39, 0.29) is 36.0 Å². The molecule has 1 fully saturated rings. The molecule has 8 nitrogen and oxygen atoms in total. The number of methoxy groups -OCH3 is 1. The SMILES string of the molecule is COC(=O)c1cc(CNC(=O)C2CC(C(C)C)NN2)cc(NC(=O)c2ccccc2)c1. The van der Waals surface area contributed by atoms with E-state index in [4.69, 9.17) is 4.74 Å². The Morgan fingerprint density at radius 1 is 1.06 bits per heavy atom. The van der Waals surface area contributed by atoms with Crippen molar-refractivity contribution in [3.8, 4) is 0 Å². The number of rotatable bonds is 7. The van der Waals surface area contributed by atoms with Crippen molar-refractivity contribution in [1.29, 1.82) is 0 Å². The number of carbonyl (C=O) groups excluding carboxylic acids is 3. The molecule has 3 rings (SSSR count). The van der Waals surface area contributed by atoms with E-state index in [9.17, 15) is 14.4 Å². The van der Waals surface area contributed by atoms with Gasteiger partial charge in [0.15, 0.2) is 0 Å². The van der Waals surface area contributed by atoms with E-state index in [1.165, 1.54) is 7.11 Å². The summed E-state index contributed by atoms with van der Waals surface area (Å²) in [5.74, 6) is -0.532. The van der Waals surface area contributed by atoms with Crippen molar-refractivity contribution in [2.75, 3.05) is 12.4 Å². The molecule has 2 atom stereocenters. The van der Waals surface area contributed by atoms with Crippen LogP contribution in [0.15, 0.2) is 48.5 Å². The molecule has 0 aliphatic carbocycles. The van der Waals surface area contributed by atoms with Gasteiger partial charge in [-0.05, 0) is 48.2 Å². The predicted octanol–water partition coefficient (Wildman–Crippen LogP) is 2.23. The third-order valence-electron chi connectivity index (χ3n) is 5.23. The molecule has 1 saturated heterocycles. The van der Waals surface area contributed by atoms with E-state index < -0.39 is 5.97 Å². The summed E-state index contributed by atoms with van der Waals surface area (Å²) in [4.78, 5) is 37.1. The molecule has 164 valence electrons. The van der Waals surface area contributed by atoms with E-state index in [1.807, 2.05) is 6.07 Å². The number of hydrogen-bond acceptors (Lipinski definition) is 6. The maximum Gasteiger partial charge on any atom is 0.337 e. The normalized spacial score (nSPS) is 17.9. The summed E-state index contributed by atoms with van der Waals surface area (Å²) in [6.07, 6.45) is 0.698. The van der Waals surface area contributed by atoms with Gasteiger partial charge in [0.2, 0.25) is 5.91 Å². The van der Waals surface area contributed by atoms with Crippen molar-refractivity contribution < 1.29 is 19.1 Å². The summed E-state index contributed by atoms with van der Waals surface area (Å²) < 4.78 is 4.82. The molecule has 31 heavy (non-hydrogen) atoms. The summed E-state index contributed by atoms with van der Waals surface area (Å²) >= 11 is 0. The van der Waals surface area contributed by atoms with Gasteiger partial charge in [0, 0.05) is 23.8 Å². The topological polar surface area (TPSA) is 109 Å². The lowest BCUT2D eigenvalue weighted by molar-refractivity contribution is -0.123. The Kier molecular flexibility index (Phi) is 7.38. The van der Waals surface area contributed by atoms with Crippen molar-refractivity contribution in [2.24, 2.45) is 5.92 Å². The lowest BCUT2D eigenvalue weighted by Crippen LogP contribution is -2.43. The smallest absolute Gasteiger partial charge is 0.337 e. The van der Waals surface area contributed by atoms with Gasteiger partial charge in [0.1, 0.15) is 6.04 Å². The van der Waals surface area contributed by atoms with Crippen LogP contribution in [0.2, 0.25) is 0 Å². The van der Waals surface area contributed by atoms with Crippen LogP contribution in [0.25, 0.3) is 0 Å². The fourth-order valence-electron chi connectivity index (χ4n) is 3.40. The molecule has 0 spiro atoms. The molecule has 2 unspecified atom stereocenters. The van der Waals surface area contributed by atoms with Gasteiger partial charge in [0.25, 0.3) is 5.91 Å². The second-order valence-corrected chi connectivity index (χ2v) is 7.88. The van der Waals surface area contributed by atoms with Gasteiger partial charge < -0.3 is 15.4 Å². The van der Waals surface area contributed by atoms with Crippen LogP contribution in [0.5, 0.6) is 0 Å². The summed E-state index contributed by atoms with van der Waals surface area (Å²) in [5, 5.41) is 5.69. The van der Waals surface area contributed by atoms with Gasteiger partial charge in [-0.2, -0.15) is 0 Å². The van der Waals surface area contributed by atoms with Crippen LogP contribution in [0.4, 0.5) is 5.69 Å². The summed E-state index contributed by atoms with van der Waals surface area (Å²) in [6.45, 7) is 4.41. The van der Waals surface area contributed by atoms with E-state index >= 15 is 0 Å². The first kappa shape index (κ1) is 22.5. The molecule has 2 aromatic rings. The largest absolute Gasteiger partial charge is 0.465 e. The fraction of sp³-hybridized carbons (Fsp3) is 0.348. The third kappa shape index (κ3) is 5.90. The molecule has 8 heteroatoms. The van der Waals surface area contributed by atoms with E-state index in [2.05, 4.69) is 35.3 Å². The molecule has 1 heterocycles. The highest BCUT2D eigenvalue weighted by atomic mass is 16.5. The van der Waals surface area contributed by atoms with Crippen LogP contribution >= 0.6 is 0 Å². The highest BCUT2D eigenvalue weighted by Gasteiger charge is 2.30. The zero-order valence-corrected chi connectivity index (χ0v) is 17.9. The highest BCUT2D eigenvalue weighted by Crippen LogP contribution is 2.18. The predicted molar refractivity (Wildman–Crippen MR) is 117 cm³/mol. The number of benzene rings is 2. The minimum atomic E-state index is -0.523. The summed E-state index contributed by atoms with van der Waals surface area (Å²) in [6, 6.07) is 13.6. The number of ether oxygens (including phenoxy) is 1. The number of amides is 2. The Morgan fingerprint density at radius 3 is 2.45 bits per heavy atom. The molecule has 0 saturated carbocycles. The molecular formula is C23H28N4O4. The number of hydrazine groups is 1. The summed E-state index contributed by atoms with van der Waals surface area (Å²) in [7, 11) is 1.29. The van der Waals surface area contributed by atoms with Crippen LogP contribution in [0.3, 0.4) is 0 Å². The lowest BCUT2D eigenvalue weighted by atomic mass is 9.99. The zero-order chi connectivity index (χ0) is 22.4. The number of nitrogens with one attached hydrogen (secondary N) is 4. The average Bonchev–Trinajstić information content (AvgIpc) is 3.28. The molecular weight excluding hydrogens is 396 g/mol. The first-order chi connectivity index (χ1) is 14.9. The highest BCUT2D eigenvalue weighted by molar-refractivity contribution is 6.05. The standard InChI is InChI=1S/C23H28N4O4/c1-14(2)19-12-20(27-26-19)22(29)24-13-15-9-17(23(30)31-3)11-18(10-15)25-21(28)16-7-5-4-6-8-16/h4-11,14,19-20,26-27H,12-13H2,1-3H3,(H,24,29)(H,25,28). The Balaban J connectivity index is 1.70. The maximum atomic E-state index is 12.5. The molecule has 4 N–H and O–H groups in total. The van der Waals surface area contributed by atoms with Crippen molar-refractivity contribution in [3.63, 3.8) is 0 Å². The van der Waals surface area contributed by atoms with E-state index in [1.54, 1.807) is 42.5 Å². The van der Waals surface area contributed by atoms with Gasteiger partial charge >= 0.3 is 5.97 Å². The Morgan fingerprint density at radius 2 is 1.81 bits per heavy atom. The van der Waals surface area contributed by atoms with E-state index in [0.29, 0.717) is 29.2 Å². The lowest BCUT2D eigenvalue weighted by Gasteiger charge is -2.14. The van der Waals surface area contributed by atoms with E-state index in [0.717, 1.165) is 0 Å². The molecule has 0 bridgehead atoms. The third-order valence-corrected chi connectivity index (χ3v) is 5.23. The van der Waals surface area contributed by atoms with Gasteiger partial charge in [-0.15, -0.1) is 0 Å². The van der Waals surface area contributed by atoms with Crippen LogP contribution in [0, 0.1) is 5.92 Å². The fourth-order valence-corrected chi connectivity index (χ4v) is 3.40. The number of carbonyl (C=O) groups is 3. The number of anilines is 1. The zero-order valence-electron chi connectivity index (χ0n) is 17.9. The molecule has 0 radical (unpaired) electrons. The first-order valence-electron chi connectivity index (χ1n) is 10.2. The minimum absolute atomic E-state index is 0.131. The van der Waals surface area contributed by atoms with Crippen molar-refractivity contribution >= 4 is 23.5 Å². The van der Waals surface area contributed by atoms with Crippen molar-refractivity contribution in [3.05, 3.63) is 65.2 Å². The van der Waals surface area contributed by atoms with Gasteiger partial charge in [-0.3, -0.25) is 15.0 Å². The molecule has 1 aliphatic rings. The number of esters is 1. The Labute approximate surface area is 181 Å². The minimum Gasteiger partial charge on any atom is -0.465 e. The van der Waals surface area contributed by atoms with Gasteiger partial charge in [0.05, 0.1) is 12.7 Å². The van der Waals surface area contributed by atoms with Crippen LogP contribution in [-0.4, -0.2) is 37.0 Å². The van der Waals surface area contributed by atoms with Crippen molar-refractivity contribution in [2.45, 2.75) is 38.9 Å². The van der Waals surface area contributed by atoms with Crippen LogP contribution in [-0.2, 0) is 16.1 Å². The molecule has 0 aromatic heterocycles. The summed E-state index contributed by atoms with van der Waals surface area (Å²) in [5.41, 5.74) is 8.08. The monoisotopic (exact) mass is 424 g/mol. The van der Waals surface area contributed by atoms with Gasteiger partial charge in [-0.25, -0.2) is 10.2 Å². The second kappa shape index (κ2) is 10.2. The van der Waals surface area contributed by atoms with Crippen LogP contribution < -0.4 is 21.5 Å². The molecule has 1 aliphatic heterocycles. The average molecular weight is 425 g/mol. The Hall–Kier alpha value is -3.23. The molecule has 2 aromatic carbocycles. The maximum absolute atomic E-state index is 12.5. The Bertz CT molecular complexity index is 946. The van der Waals surface area contributed by atoms with Crippen molar-refractivity contribution in [1.82, 2.24) is 16.2 Å². The quantitative estimate of drug-likeness (QED) is 0.508.